The molecular weight excluding hydrogens is 466 g/mol. The predicted molar refractivity (Wildman–Crippen MR) is 121 cm³/mol. The lowest BCUT2D eigenvalue weighted by molar-refractivity contribution is -0.145. The number of anilines is 1. The van der Waals surface area contributed by atoms with Crippen LogP contribution in [0.4, 0.5) is 5.69 Å². The highest BCUT2D eigenvalue weighted by molar-refractivity contribution is 7.81. The molecule has 34 heavy (non-hydrogen) atoms. The van der Waals surface area contributed by atoms with E-state index in [0.717, 1.165) is 12.3 Å². The maximum atomic E-state index is 12.3. The van der Waals surface area contributed by atoms with E-state index in [-0.39, 0.29) is 41.2 Å². The van der Waals surface area contributed by atoms with Crippen LogP contribution in [-0.4, -0.2) is 70.1 Å². The molecule has 1 aliphatic heterocycles. The van der Waals surface area contributed by atoms with Crippen LogP contribution in [0.1, 0.15) is 41.1 Å². The summed E-state index contributed by atoms with van der Waals surface area (Å²) in [6.07, 6.45) is 2.63. The monoisotopic (exact) mass is 488 g/mol. The van der Waals surface area contributed by atoms with Crippen molar-refractivity contribution < 1.29 is 33.4 Å². The van der Waals surface area contributed by atoms with Crippen molar-refractivity contribution in [2.45, 2.75) is 31.1 Å². The molecule has 13 heteroatoms. The number of aromatic nitrogens is 1. The molecule has 180 valence electrons. The van der Waals surface area contributed by atoms with Gasteiger partial charge in [0, 0.05) is 30.8 Å². The molecule has 0 saturated carbocycles. The van der Waals surface area contributed by atoms with Gasteiger partial charge in [-0.1, -0.05) is 0 Å². The van der Waals surface area contributed by atoms with Crippen molar-refractivity contribution in [3.8, 4) is 11.5 Å². The Hall–Kier alpha value is -3.84. The highest BCUT2D eigenvalue weighted by Crippen LogP contribution is 2.25. The van der Waals surface area contributed by atoms with Crippen LogP contribution >= 0.6 is 0 Å². The molecule has 0 aliphatic carbocycles. The second kappa shape index (κ2) is 9.97. The summed E-state index contributed by atoms with van der Waals surface area (Å²) in [5.74, 6) is -2.24. The number of amides is 3. The number of pyridine rings is 1. The van der Waals surface area contributed by atoms with Gasteiger partial charge in [0.15, 0.2) is 11.5 Å². The summed E-state index contributed by atoms with van der Waals surface area (Å²) in [4.78, 5) is 41.5. The van der Waals surface area contributed by atoms with E-state index >= 15 is 0 Å². The number of rotatable bonds is 8. The molecule has 3 amide bonds. The second-order valence-electron chi connectivity index (χ2n) is 7.91. The molecule has 1 unspecified atom stereocenters. The smallest absolute Gasteiger partial charge is 0.289 e. The van der Waals surface area contributed by atoms with Gasteiger partial charge in [0.2, 0.25) is 5.91 Å². The maximum absolute atomic E-state index is 12.3. The molecule has 1 saturated heterocycles. The molecule has 1 aromatic carbocycles. The molecule has 1 aromatic heterocycles. The number of nitrogens with one attached hydrogen (secondary N) is 2. The molecule has 2 heterocycles. The van der Waals surface area contributed by atoms with E-state index in [4.69, 9.17) is 0 Å². The van der Waals surface area contributed by atoms with Gasteiger partial charge in [-0.3, -0.25) is 18.6 Å². The van der Waals surface area contributed by atoms with Crippen LogP contribution in [0.2, 0.25) is 0 Å². The number of hydrogen-bond acceptors (Lipinski definition) is 9. The van der Waals surface area contributed by atoms with Gasteiger partial charge < -0.3 is 25.0 Å². The summed E-state index contributed by atoms with van der Waals surface area (Å²) in [5.41, 5.74) is 2.50. The number of likely N-dealkylation sites (tertiary alicyclic amines) is 1. The van der Waals surface area contributed by atoms with E-state index < -0.39 is 33.4 Å². The Morgan fingerprint density at radius 2 is 2.03 bits per heavy atom. The summed E-state index contributed by atoms with van der Waals surface area (Å²) < 4.78 is 21.9. The van der Waals surface area contributed by atoms with Crippen molar-refractivity contribution in [1.29, 1.82) is 0 Å². The van der Waals surface area contributed by atoms with Gasteiger partial charge in [-0.05, 0) is 55.3 Å². The second-order valence-corrected chi connectivity index (χ2v) is 9.31. The third-order valence-electron chi connectivity index (χ3n) is 5.18. The number of hydrogen-bond donors (Lipinski definition) is 4. The fraction of sp³-hybridized carbons (Fsp3) is 0.286. The maximum Gasteiger partial charge on any atom is 0.289 e. The Balaban J connectivity index is 1.59. The van der Waals surface area contributed by atoms with Crippen LogP contribution in [0.5, 0.6) is 11.5 Å². The lowest BCUT2D eigenvalue weighted by atomic mass is 10.0. The Bertz CT molecular complexity index is 1170. The number of phenols is 2. The Morgan fingerprint density at radius 3 is 2.59 bits per heavy atom. The fourth-order valence-corrected chi connectivity index (χ4v) is 3.47. The van der Waals surface area contributed by atoms with Crippen molar-refractivity contribution >= 4 is 40.7 Å². The summed E-state index contributed by atoms with van der Waals surface area (Å²) in [7, 11) is 0. The summed E-state index contributed by atoms with van der Waals surface area (Å²) in [6.45, 7) is 3.10. The number of nitrogens with zero attached hydrogens (tertiary/aromatic N) is 3. The van der Waals surface area contributed by atoms with Crippen molar-refractivity contribution in [1.82, 2.24) is 15.3 Å². The van der Waals surface area contributed by atoms with E-state index in [2.05, 4.69) is 20.8 Å². The third-order valence-corrected chi connectivity index (χ3v) is 6.18. The molecule has 2 aromatic rings. The molecule has 0 radical (unpaired) electrons. The zero-order valence-corrected chi connectivity index (χ0v) is 19.0. The first kappa shape index (κ1) is 24.8. The Morgan fingerprint density at radius 1 is 1.29 bits per heavy atom. The number of aromatic hydroxyl groups is 2. The van der Waals surface area contributed by atoms with E-state index in [1.165, 1.54) is 42.3 Å². The van der Waals surface area contributed by atoms with E-state index in [9.17, 15) is 33.4 Å². The van der Waals surface area contributed by atoms with E-state index in [1.807, 2.05) is 0 Å². The van der Waals surface area contributed by atoms with E-state index in [1.54, 1.807) is 6.92 Å². The fourth-order valence-electron chi connectivity index (χ4n) is 3.09. The number of benzene rings is 1. The molecule has 1 aliphatic rings. The molecule has 12 nitrogen and oxygen atoms in total. The highest BCUT2D eigenvalue weighted by Gasteiger charge is 2.38. The number of β-lactam (4-membered cyclic amide) rings is 1. The largest absolute Gasteiger partial charge is 0.772 e. The first-order valence-corrected chi connectivity index (χ1v) is 11.1. The SMILES string of the molecule is C[C@@H]1CC(=O)N1C[C@](C)(/C=N/NC(=O)c1ccc(NC(=O)c2ccc(O)c(O)c2)cn1)S(=O)[O-]. The minimum Gasteiger partial charge on any atom is -0.772 e. The standard InChI is InChI=1S/C21H23N5O7S/c1-12-7-18(29)26(12)11-21(2,34(32)33)10-23-25-20(31)15-5-4-14(9-22-15)24-19(30)13-3-6-16(27)17(28)8-13/h3-6,8-10,12,27-28H,7,11H2,1-2H3,(H,24,30)(H,25,31)(H,32,33)/p-1/b23-10+/t12-,21+/m1/s1. The molecule has 3 atom stereocenters. The predicted octanol–water partition coefficient (Wildman–Crippen LogP) is 0.719. The molecule has 4 N–H and O–H groups in total. The molecular formula is C21H22N5O7S-. The molecule has 0 bridgehead atoms. The van der Waals surface area contributed by atoms with Crippen molar-refractivity contribution in [2.24, 2.45) is 5.10 Å². The summed E-state index contributed by atoms with van der Waals surface area (Å²) >= 11 is -2.60. The van der Waals surface area contributed by atoms with Crippen LogP contribution in [0.15, 0.2) is 41.6 Å². The third kappa shape index (κ3) is 5.55. The molecule has 3 rings (SSSR count). The number of hydrazone groups is 1. The normalized spacial score (nSPS) is 18.1. The van der Waals surface area contributed by atoms with Gasteiger partial charge in [0.1, 0.15) is 5.69 Å². The first-order chi connectivity index (χ1) is 16.0. The topological polar surface area (TPSA) is 184 Å². The summed E-state index contributed by atoms with van der Waals surface area (Å²) in [5, 5.41) is 25.1. The van der Waals surface area contributed by atoms with Gasteiger partial charge >= 0.3 is 0 Å². The highest BCUT2D eigenvalue weighted by atomic mass is 32.2. The molecule has 1 fully saturated rings. The Kier molecular flexibility index (Phi) is 7.27. The van der Waals surface area contributed by atoms with Crippen LogP contribution in [0.25, 0.3) is 0 Å². The van der Waals surface area contributed by atoms with Crippen LogP contribution in [0.3, 0.4) is 0 Å². The Labute approximate surface area is 197 Å². The lowest BCUT2D eigenvalue weighted by Crippen LogP contribution is -2.58. The average molecular weight is 489 g/mol. The number of phenolic OH excluding ortho intramolecular Hbond substituents is 2. The van der Waals surface area contributed by atoms with Crippen LogP contribution in [-0.2, 0) is 15.9 Å². The zero-order valence-electron chi connectivity index (χ0n) is 18.2. The lowest BCUT2D eigenvalue weighted by Gasteiger charge is -2.43. The van der Waals surface area contributed by atoms with Gasteiger partial charge in [-0.15, -0.1) is 0 Å². The first-order valence-electron chi connectivity index (χ1n) is 10.0. The van der Waals surface area contributed by atoms with Crippen LogP contribution < -0.4 is 10.7 Å². The minimum atomic E-state index is -2.60. The summed E-state index contributed by atoms with van der Waals surface area (Å²) in [6, 6.07) is 6.25. The number of carbonyl (C=O) groups excluding carboxylic acids is 3. The van der Waals surface area contributed by atoms with Gasteiger partial charge in [-0.25, -0.2) is 10.4 Å². The van der Waals surface area contributed by atoms with Gasteiger partial charge in [0.05, 0.1) is 16.6 Å². The zero-order chi connectivity index (χ0) is 25.0. The average Bonchev–Trinajstić information content (AvgIpc) is 2.79. The van der Waals surface area contributed by atoms with Crippen LogP contribution in [0, 0.1) is 0 Å². The van der Waals surface area contributed by atoms with Crippen molar-refractivity contribution in [2.75, 3.05) is 11.9 Å². The minimum absolute atomic E-state index is 0.0473. The van der Waals surface area contributed by atoms with Gasteiger partial charge in [0.25, 0.3) is 11.8 Å². The van der Waals surface area contributed by atoms with Crippen molar-refractivity contribution in [3.05, 3.63) is 47.8 Å². The number of carbonyl (C=O) groups is 3. The molecule has 0 spiro atoms. The van der Waals surface area contributed by atoms with Gasteiger partial charge in [-0.2, -0.15) is 5.10 Å². The quantitative estimate of drug-likeness (QED) is 0.138. The van der Waals surface area contributed by atoms with Crippen molar-refractivity contribution in [3.63, 3.8) is 0 Å². The van der Waals surface area contributed by atoms with E-state index in [0.29, 0.717) is 6.42 Å².